The molecule has 96 valence electrons. The minimum atomic E-state index is -4.51. The molecule has 0 atom stereocenters. The van der Waals surface area contributed by atoms with Crippen molar-refractivity contribution in [1.29, 1.82) is 0 Å². The van der Waals surface area contributed by atoms with E-state index in [4.69, 9.17) is 4.42 Å². The van der Waals surface area contributed by atoms with Gasteiger partial charge in [0.15, 0.2) is 0 Å². The zero-order chi connectivity index (χ0) is 13.3. The van der Waals surface area contributed by atoms with E-state index in [0.29, 0.717) is 10.7 Å². The summed E-state index contributed by atoms with van der Waals surface area (Å²) in [5.74, 6) is -1.03. The monoisotopic (exact) mass is 255 g/mol. The molecule has 0 saturated heterocycles. The highest BCUT2D eigenvalue weighted by atomic mass is 19.4. The van der Waals surface area contributed by atoms with Gasteiger partial charge in [-0.25, -0.2) is 0 Å². The van der Waals surface area contributed by atoms with Crippen LogP contribution in [0.3, 0.4) is 0 Å². The van der Waals surface area contributed by atoms with Crippen LogP contribution in [0.2, 0.25) is 0 Å². The molecule has 0 spiro atoms. The highest BCUT2D eigenvalue weighted by molar-refractivity contribution is 5.75. The number of hydrogen-bond acceptors (Lipinski definition) is 2. The largest absolute Gasteiger partial charge is 0.451 e. The Bertz CT molecular complexity index is 626. The Morgan fingerprint density at radius 3 is 2.44 bits per heavy atom. The summed E-state index contributed by atoms with van der Waals surface area (Å²) in [7, 11) is 0. The van der Waals surface area contributed by atoms with Crippen molar-refractivity contribution in [3.05, 3.63) is 41.4 Å². The van der Waals surface area contributed by atoms with Gasteiger partial charge in [0, 0.05) is 17.5 Å². The first-order chi connectivity index (χ1) is 8.38. The van der Waals surface area contributed by atoms with Crippen LogP contribution in [-0.2, 0) is 6.18 Å². The first-order valence-electron chi connectivity index (χ1n) is 5.52. The Morgan fingerprint density at radius 1 is 1.17 bits per heavy atom. The molecule has 0 radical (unpaired) electrons. The smallest absolute Gasteiger partial charge is 0.449 e. The standard InChI is InChI=1S/C13H12F3NO/c1-8(2)17-10-7-12(13(14,15)16)18-11-6-4-3-5-9(10)11/h3-8H,1-2H3. The van der Waals surface area contributed by atoms with Gasteiger partial charge in [0.05, 0.1) is 5.36 Å². The first-order valence-corrected chi connectivity index (χ1v) is 5.52. The van der Waals surface area contributed by atoms with E-state index in [1.807, 2.05) is 13.8 Å². The Hall–Kier alpha value is -1.78. The van der Waals surface area contributed by atoms with Gasteiger partial charge in [0.2, 0.25) is 5.76 Å². The van der Waals surface area contributed by atoms with Gasteiger partial charge in [-0.05, 0) is 26.0 Å². The zero-order valence-electron chi connectivity index (χ0n) is 9.95. The van der Waals surface area contributed by atoms with E-state index < -0.39 is 11.9 Å². The van der Waals surface area contributed by atoms with E-state index in [9.17, 15) is 13.2 Å². The molecule has 0 aliphatic rings. The Labute approximate surface area is 102 Å². The second-order valence-electron chi connectivity index (χ2n) is 4.21. The zero-order valence-corrected chi connectivity index (χ0v) is 9.95. The molecule has 0 aliphatic heterocycles. The molecule has 1 aromatic heterocycles. The highest BCUT2D eigenvalue weighted by Crippen LogP contribution is 2.29. The third-order valence-corrected chi connectivity index (χ3v) is 2.33. The van der Waals surface area contributed by atoms with Crippen molar-refractivity contribution in [2.24, 2.45) is 4.99 Å². The summed E-state index contributed by atoms with van der Waals surface area (Å²) < 4.78 is 43.0. The third kappa shape index (κ3) is 2.55. The SMILES string of the molecule is CC(C)N=c1cc(C(F)(F)F)oc2ccccc12. The minimum Gasteiger partial charge on any atom is -0.451 e. The lowest BCUT2D eigenvalue weighted by Gasteiger charge is -2.07. The fourth-order valence-corrected chi connectivity index (χ4v) is 1.64. The molecule has 2 aromatic rings. The number of halogens is 3. The van der Waals surface area contributed by atoms with Gasteiger partial charge >= 0.3 is 6.18 Å². The quantitative estimate of drug-likeness (QED) is 0.761. The molecule has 0 unspecified atom stereocenters. The molecule has 1 heterocycles. The number of para-hydroxylation sites is 1. The number of benzene rings is 1. The number of alkyl halides is 3. The van der Waals surface area contributed by atoms with Crippen LogP contribution in [0.25, 0.3) is 11.0 Å². The van der Waals surface area contributed by atoms with E-state index in [1.54, 1.807) is 18.2 Å². The van der Waals surface area contributed by atoms with Crippen LogP contribution in [0.4, 0.5) is 13.2 Å². The molecule has 5 heteroatoms. The molecule has 0 N–H and O–H groups in total. The molecule has 0 aliphatic carbocycles. The highest BCUT2D eigenvalue weighted by Gasteiger charge is 2.34. The maximum absolute atomic E-state index is 12.7. The van der Waals surface area contributed by atoms with Crippen molar-refractivity contribution in [2.45, 2.75) is 26.1 Å². The lowest BCUT2D eigenvalue weighted by Crippen LogP contribution is -2.13. The maximum Gasteiger partial charge on any atom is 0.449 e. The fraction of sp³-hybridized carbons (Fsp3) is 0.308. The lowest BCUT2D eigenvalue weighted by molar-refractivity contribution is -0.152. The molecule has 0 bridgehead atoms. The van der Waals surface area contributed by atoms with Gasteiger partial charge in [-0.3, -0.25) is 4.99 Å². The maximum atomic E-state index is 12.7. The van der Waals surface area contributed by atoms with Gasteiger partial charge in [-0.1, -0.05) is 12.1 Å². The van der Waals surface area contributed by atoms with Crippen molar-refractivity contribution in [2.75, 3.05) is 0 Å². The van der Waals surface area contributed by atoms with Gasteiger partial charge in [-0.15, -0.1) is 0 Å². The number of fused-ring (bicyclic) bond motifs is 1. The van der Waals surface area contributed by atoms with Crippen molar-refractivity contribution < 1.29 is 17.6 Å². The number of rotatable bonds is 1. The predicted octanol–water partition coefficient (Wildman–Crippen LogP) is 3.76. The molecular weight excluding hydrogens is 243 g/mol. The van der Waals surface area contributed by atoms with Crippen molar-refractivity contribution >= 4 is 11.0 Å². The average Bonchev–Trinajstić information content (AvgIpc) is 2.27. The first kappa shape index (κ1) is 12.7. The van der Waals surface area contributed by atoms with Gasteiger partial charge in [0.1, 0.15) is 5.58 Å². The summed E-state index contributed by atoms with van der Waals surface area (Å²) in [6.45, 7) is 3.62. The summed E-state index contributed by atoms with van der Waals surface area (Å²) in [6.07, 6.45) is -4.51. The Balaban J connectivity index is 2.81. The average molecular weight is 255 g/mol. The summed E-state index contributed by atoms with van der Waals surface area (Å²) >= 11 is 0. The van der Waals surface area contributed by atoms with E-state index in [0.717, 1.165) is 6.07 Å². The van der Waals surface area contributed by atoms with Gasteiger partial charge < -0.3 is 4.42 Å². The molecule has 2 rings (SSSR count). The van der Waals surface area contributed by atoms with Gasteiger partial charge in [0.25, 0.3) is 0 Å². The molecule has 0 fully saturated rings. The minimum absolute atomic E-state index is 0.0862. The topological polar surface area (TPSA) is 25.5 Å². The van der Waals surface area contributed by atoms with Crippen LogP contribution in [0, 0.1) is 0 Å². The van der Waals surface area contributed by atoms with Crippen molar-refractivity contribution in [1.82, 2.24) is 0 Å². The predicted molar refractivity (Wildman–Crippen MR) is 61.9 cm³/mol. The van der Waals surface area contributed by atoms with Crippen LogP contribution < -0.4 is 5.36 Å². The normalized spacial score (nSPS) is 13.6. The molecule has 2 nitrogen and oxygen atoms in total. The fourth-order valence-electron chi connectivity index (χ4n) is 1.64. The lowest BCUT2D eigenvalue weighted by atomic mass is 10.2. The molecule has 1 aromatic carbocycles. The van der Waals surface area contributed by atoms with Crippen molar-refractivity contribution in [3.63, 3.8) is 0 Å². The molecular formula is C13H12F3NO. The molecule has 0 amide bonds. The summed E-state index contributed by atoms with van der Waals surface area (Å²) in [4.78, 5) is 4.20. The third-order valence-electron chi connectivity index (χ3n) is 2.33. The van der Waals surface area contributed by atoms with Crippen LogP contribution in [0.5, 0.6) is 0 Å². The second-order valence-corrected chi connectivity index (χ2v) is 4.21. The summed E-state index contributed by atoms with van der Waals surface area (Å²) in [5, 5.41) is 0.887. The van der Waals surface area contributed by atoms with Gasteiger partial charge in [-0.2, -0.15) is 13.2 Å². The van der Waals surface area contributed by atoms with Crippen LogP contribution in [0.15, 0.2) is 39.7 Å². The summed E-state index contributed by atoms with van der Waals surface area (Å²) in [5.41, 5.74) is 0.187. The Kier molecular flexibility index (Phi) is 3.15. The van der Waals surface area contributed by atoms with E-state index >= 15 is 0 Å². The number of nitrogens with zero attached hydrogens (tertiary/aromatic N) is 1. The second kappa shape index (κ2) is 4.48. The van der Waals surface area contributed by atoms with E-state index in [2.05, 4.69) is 4.99 Å². The Morgan fingerprint density at radius 2 is 1.83 bits per heavy atom. The molecule has 0 saturated carbocycles. The number of hydrogen-bond donors (Lipinski definition) is 0. The van der Waals surface area contributed by atoms with Crippen molar-refractivity contribution in [3.8, 4) is 0 Å². The van der Waals surface area contributed by atoms with Crippen LogP contribution >= 0.6 is 0 Å². The van der Waals surface area contributed by atoms with E-state index in [-0.39, 0.29) is 11.6 Å². The summed E-state index contributed by atoms with van der Waals surface area (Å²) in [6, 6.07) is 7.43. The van der Waals surface area contributed by atoms with Crippen LogP contribution in [0.1, 0.15) is 19.6 Å². The van der Waals surface area contributed by atoms with E-state index in [1.165, 1.54) is 6.07 Å². The molecule has 18 heavy (non-hydrogen) atoms. The van der Waals surface area contributed by atoms with Crippen LogP contribution in [-0.4, -0.2) is 6.04 Å².